The highest BCUT2D eigenvalue weighted by molar-refractivity contribution is 5.85. The van der Waals surface area contributed by atoms with Crippen LogP contribution in [0.1, 0.15) is 50.3 Å². The van der Waals surface area contributed by atoms with Crippen molar-refractivity contribution < 1.29 is 9.21 Å². The van der Waals surface area contributed by atoms with Crippen molar-refractivity contribution in [3.63, 3.8) is 0 Å². The Labute approximate surface area is 168 Å². The van der Waals surface area contributed by atoms with Gasteiger partial charge in [0.05, 0.1) is 17.7 Å². The lowest BCUT2D eigenvalue weighted by Gasteiger charge is -2.32. The van der Waals surface area contributed by atoms with Gasteiger partial charge in [0, 0.05) is 34.2 Å². The van der Waals surface area contributed by atoms with Crippen LogP contribution < -0.4 is 10.6 Å². The van der Waals surface area contributed by atoms with Gasteiger partial charge in [-0.3, -0.25) is 14.7 Å². The minimum Gasteiger partial charge on any atom is -0.468 e. The second-order valence-corrected chi connectivity index (χ2v) is 8.27. The van der Waals surface area contributed by atoms with Crippen LogP contribution >= 0.6 is 0 Å². The fourth-order valence-electron chi connectivity index (χ4n) is 4.60. The van der Waals surface area contributed by atoms with E-state index in [9.17, 15) is 4.79 Å². The molecule has 1 aliphatic heterocycles. The van der Waals surface area contributed by atoms with Crippen LogP contribution in [0, 0.1) is 5.41 Å². The van der Waals surface area contributed by atoms with Gasteiger partial charge in [-0.2, -0.15) is 0 Å². The number of carbonyl (C=O) groups excluding carboxylic acids is 1. The Kier molecular flexibility index (Phi) is 6.99. The lowest BCUT2D eigenvalue weighted by Crippen LogP contribution is -2.50. The van der Waals surface area contributed by atoms with Gasteiger partial charge in [-0.1, -0.05) is 12.8 Å². The van der Waals surface area contributed by atoms with Gasteiger partial charge in [0.25, 0.3) is 0 Å². The Balaban J connectivity index is 1.59. The van der Waals surface area contributed by atoms with E-state index in [-0.39, 0.29) is 17.4 Å². The molecule has 1 aliphatic carbocycles. The first kappa shape index (κ1) is 20.7. The third kappa shape index (κ3) is 4.69. The summed E-state index contributed by atoms with van der Waals surface area (Å²) in [4.78, 5) is 21.3. The van der Waals surface area contributed by atoms with Crippen LogP contribution in [-0.4, -0.2) is 69.0 Å². The largest absolute Gasteiger partial charge is 0.468 e. The number of furan rings is 1. The monoisotopic (exact) mass is 389 g/mol. The van der Waals surface area contributed by atoms with Crippen LogP contribution in [0.25, 0.3) is 0 Å². The van der Waals surface area contributed by atoms with Gasteiger partial charge >= 0.3 is 0 Å². The maximum absolute atomic E-state index is 12.8. The normalized spacial score (nSPS) is 20.9. The van der Waals surface area contributed by atoms with Gasteiger partial charge in [-0.15, -0.1) is 0 Å². The fourth-order valence-corrected chi connectivity index (χ4v) is 4.60. The molecule has 0 radical (unpaired) electrons. The van der Waals surface area contributed by atoms with Crippen LogP contribution in [0.2, 0.25) is 0 Å². The quantitative estimate of drug-likeness (QED) is 0.553. The SMILES string of the molecule is CN=C(NCC(c1ccco1)N1CCCC1)NCC1(C(=O)N(C)C)CCCC1. The number of nitrogens with one attached hydrogen (secondary N) is 2. The number of hydrogen-bond acceptors (Lipinski definition) is 4. The molecule has 0 bridgehead atoms. The van der Waals surface area contributed by atoms with Crippen molar-refractivity contribution in [2.75, 3.05) is 47.3 Å². The Bertz CT molecular complexity index is 644. The summed E-state index contributed by atoms with van der Waals surface area (Å²) in [5.74, 6) is 1.95. The van der Waals surface area contributed by atoms with Gasteiger partial charge in [0.1, 0.15) is 5.76 Å². The topological polar surface area (TPSA) is 73.1 Å². The van der Waals surface area contributed by atoms with E-state index in [1.807, 2.05) is 26.2 Å². The van der Waals surface area contributed by atoms with Crippen LogP contribution in [0.3, 0.4) is 0 Å². The minimum atomic E-state index is -0.309. The molecule has 1 atom stereocenters. The fraction of sp³-hybridized carbons (Fsp3) is 0.714. The summed E-state index contributed by atoms with van der Waals surface area (Å²) in [6.45, 7) is 3.54. The van der Waals surface area contributed by atoms with E-state index in [0.717, 1.165) is 57.0 Å². The standard InChI is InChI=1S/C21H35N5O2/c1-22-20(24-16-21(10-4-5-11-21)19(27)25(2)3)23-15-17(18-9-8-14-28-18)26-12-6-7-13-26/h8-9,14,17H,4-7,10-13,15-16H2,1-3H3,(H2,22,23,24). The molecule has 1 unspecified atom stereocenters. The van der Waals surface area contributed by atoms with Crippen molar-refractivity contribution in [2.24, 2.45) is 10.4 Å². The highest BCUT2D eigenvalue weighted by Crippen LogP contribution is 2.38. The smallest absolute Gasteiger partial charge is 0.230 e. The molecule has 0 spiro atoms. The third-order valence-corrected chi connectivity index (χ3v) is 6.15. The molecule has 28 heavy (non-hydrogen) atoms. The maximum atomic E-state index is 12.8. The predicted molar refractivity (Wildman–Crippen MR) is 111 cm³/mol. The van der Waals surface area contributed by atoms with Crippen molar-refractivity contribution in [3.8, 4) is 0 Å². The molecule has 1 aromatic heterocycles. The lowest BCUT2D eigenvalue weighted by atomic mass is 9.84. The number of carbonyl (C=O) groups is 1. The summed E-state index contributed by atoms with van der Waals surface area (Å²) in [5.41, 5.74) is -0.309. The van der Waals surface area contributed by atoms with E-state index < -0.39 is 0 Å². The van der Waals surface area contributed by atoms with Gasteiger partial charge in [-0.25, -0.2) is 0 Å². The molecule has 7 heteroatoms. The zero-order chi connectivity index (χ0) is 20.0. The van der Waals surface area contributed by atoms with E-state index in [1.165, 1.54) is 12.8 Å². The van der Waals surface area contributed by atoms with E-state index in [1.54, 1.807) is 18.2 Å². The minimum absolute atomic E-state index is 0.194. The average molecular weight is 390 g/mol. The molecule has 1 saturated carbocycles. The van der Waals surface area contributed by atoms with Gasteiger partial charge in [0.2, 0.25) is 5.91 Å². The first-order valence-corrected chi connectivity index (χ1v) is 10.5. The second-order valence-electron chi connectivity index (χ2n) is 8.27. The van der Waals surface area contributed by atoms with E-state index in [0.29, 0.717) is 6.54 Å². The number of aliphatic imine (C=N–C) groups is 1. The van der Waals surface area contributed by atoms with Crippen LogP contribution in [0.4, 0.5) is 0 Å². The number of rotatable bonds is 7. The molecule has 1 saturated heterocycles. The molecule has 2 heterocycles. The van der Waals surface area contributed by atoms with Crippen molar-refractivity contribution in [1.29, 1.82) is 0 Å². The summed E-state index contributed by atoms with van der Waals surface area (Å²) in [6, 6.07) is 4.19. The first-order valence-electron chi connectivity index (χ1n) is 10.5. The number of hydrogen-bond donors (Lipinski definition) is 2. The zero-order valence-electron chi connectivity index (χ0n) is 17.5. The highest BCUT2D eigenvalue weighted by Gasteiger charge is 2.42. The van der Waals surface area contributed by atoms with Crippen molar-refractivity contribution in [3.05, 3.63) is 24.2 Å². The van der Waals surface area contributed by atoms with Crippen molar-refractivity contribution in [1.82, 2.24) is 20.4 Å². The number of guanidine groups is 1. The Hall–Kier alpha value is -2.02. The first-order chi connectivity index (χ1) is 13.6. The predicted octanol–water partition coefficient (Wildman–Crippen LogP) is 2.23. The molecule has 2 fully saturated rings. The molecule has 156 valence electrons. The summed E-state index contributed by atoms with van der Waals surface area (Å²) < 4.78 is 5.70. The molecular formula is C21H35N5O2. The van der Waals surface area contributed by atoms with Crippen LogP contribution in [-0.2, 0) is 4.79 Å². The molecule has 2 aliphatic rings. The molecule has 3 rings (SSSR count). The van der Waals surface area contributed by atoms with Crippen LogP contribution in [0.15, 0.2) is 27.8 Å². The van der Waals surface area contributed by atoms with Crippen LogP contribution in [0.5, 0.6) is 0 Å². The lowest BCUT2D eigenvalue weighted by molar-refractivity contribution is -0.138. The second kappa shape index (κ2) is 9.45. The van der Waals surface area contributed by atoms with E-state index >= 15 is 0 Å². The zero-order valence-corrected chi connectivity index (χ0v) is 17.5. The third-order valence-electron chi connectivity index (χ3n) is 6.15. The molecule has 1 amide bonds. The van der Waals surface area contributed by atoms with Gasteiger partial charge in [0.15, 0.2) is 5.96 Å². The van der Waals surface area contributed by atoms with Crippen molar-refractivity contribution >= 4 is 11.9 Å². The van der Waals surface area contributed by atoms with Gasteiger partial charge in [-0.05, 0) is 50.9 Å². The average Bonchev–Trinajstić information content (AvgIpc) is 3.47. The summed E-state index contributed by atoms with van der Waals surface area (Å²) in [7, 11) is 5.47. The molecular weight excluding hydrogens is 354 g/mol. The number of amides is 1. The summed E-state index contributed by atoms with van der Waals surface area (Å²) >= 11 is 0. The number of nitrogens with zero attached hydrogens (tertiary/aromatic N) is 3. The molecule has 0 aromatic carbocycles. The summed E-state index contributed by atoms with van der Waals surface area (Å²) in [6.07, 6.45) is 8.32. The van der Waals surface area contributed by atoms with Gasteiger partial charge < -0.3 is 20.0 Å². The maximum Gasteiger partial charge on any atom is 0.230 e. The highest BCUT2D eigenvalue weighted by atomic mass is 16.3. The van der Waals surface area contributed by atoms with E-state index in [4.69, 9.17) is 4.42 Å². The van der Waals surface area contributed by atoms with Crippen molar-refractivity contribution in [2.45, 2.75) is 44.6 Å². The molecule has 2 N–H and O–H groups in total. The number of likely N-dealkylation sites (tertiary alicyclic amines) is 1. The Morgan fingerprint density at radius 2 is 1.96 bits per heavy atom. The Morgan fingerprint density at radius 1 is 1.25 bits per heavy atom. The molecule has 1 aromatic rings. The van der Waals surface area contributed by atoms with E-state index in [2.05, 4.69) is 20.5 Å². The Morgan fingerprint density at radius 3 is 2.54 bits per heavy atom. The molecule has 7 nitrogen and oxygen atoms in total. The summed E-state index contributed by atoms with van der Waals surface area (Å²) in [5, 5.41) is 6.88.